The van der Waals surface area contributed by atoms with Gasteiger partial charge in [0.25, 0.3) is 15.7 Å². The molecule has 1 atom stereocenters. The molecule has 0 saturated carbocycles. The van der Waals surface area contributed by atoms with Crippen molar-refractivity contribution in [3.8, 4) is 5.75 Å². The van der Waals surface area contributed by atoms with Crippen molar-refractivity contribution in [2.45, 2.75) is 44.6 Å². The molecule has 1 saturated heterocycles. The van der Waals surface area contributed by atoms with Crippen molar-refractivity contribution in [2.24, 2.45) is 5.92 Å². The van der Waals surface area contributed by atoms with Crippen LogP contribution in [0.5, 0.6) is 5.75 Å². The normalized spacial score (nSPS) is 14.7. The quantitative estimate of drug-likeness (QED) is 0.224. The lowest BCUT2D eigenvalue weighted by Crippen LogP contribution is -2.41. The van der Waals surface area contributed by atoms with Gasteiger partial charge in [-0.05, 0) is 74.6 Å². The van der Waals surface area contributed by atoms with E-state index in [1.807, 2.05) is 31.2 Å². The molecule has 224 valence electrons. The molecule has 4 rings (SSSR count). The lowest BCUT2D eigenvalue weighted by Gasteiger charge is -2.32. The first-order valence-electron chi connectivity index (χ1n) is 13.7. The number of hydrogen-bond donors (Lipinski definition) is 1. The number of methoxy groups -OCH3 is 1. The van der Waals surface area contributed by atoms with E-state index in [-0.39, 0.29) is 27.0 Å². The maximum Gasteiger partial charge on any atom is 0.273 e. The second-order valence-corrected chi connectivity index (χ2v) is 12.9. The topological polar surface area (TPSA) is 122 Å². The van der Waals surface area contributed by atoms with Gasteiger partial charge < -0.3 is 15.0 Å². The lowest BCUT2D eigenvalue weighted by molar-refractivity contribution is -0.385. The molecule has 1 unspecified atom stereocenters. The second-order valence-electron chi connectivity index (χ2n) is 10.6. The summed E-state index contributed by atoms with van der Waals surface area (Å²) in [4.78, 5) is 26.2. The number of nitro benzene ring substituents is 1. The molecule has 1 fully saturated rings. The number of sulfonamides is 1. The fraction of sp³-hybridized carbons (Fsp3) is 0.367. The SMILES string of the molecule is COc1ccc(Cl)cc1N(CC(=O)NC(C)c1ccc(N2CCC(C)CC2)cc1)S(=O)(=O)c1ccc(C)c([N+](=O)[O-])c1. The number of nitrogens with zero attached hydrogens (tertiary/aromatic N) is 3. The number of amides is 1. The van der Waals surface area contributed by atoms with Gasteiger partial charge in [0, 0.05) is 35.4 Å². The molecule has 3 aromatic rings. The average Bonchev–Trinajstić information content (AvgIpc) is 2.96. The Labute approximate surface area is 251 Å². The van der Waals surface area contributed by atoms with Gasteiger partial charge in [-0.15, -0.1) is 0 Å². The summed E-state index contributed by atoms with van der Waals surface area (Å²) in [6.45, 7) is 7.00. The predicted molar refractivity (Wildman–Crippen MR) is 164 cm³/mol. The van der Waals surface area contributed by atoms with Crippen LogP contribution in [0.25, 0.3) is 0 Å². The van der Waals surface area contributed by atoms with Crippen molar-refractivity contribution < 1.29 is 22.9 Å². The van der Waals surface area contributed by atoms with E-state index >= 15 is 0 Å². The van der Waals surface area contributed by atoms with Crippen molar-refractivity contribution >= 4 is 44.6 Å². The summed E-state index contributed by atoms with van der Waals surface area (Å²) in [5, 5.41) is 14.6. The molecule has 12 heteroatoms. The molecule has 1 aliphatic rings. The predicted octanol–water partition coefficient (Wildman–Crippen LogP) is 5.87. The van der Waals surface area contributed by atoms with Crippen molar-refractivity contribution in [1.82, 2.24) is 5.32 Å². The summed E-state index contributed by atoms with van der Waals surface area (Å²) < 4.78 is 34.1. The summed E-state index contributed by atoms with van der Waals surface area (Å²) in [5.41, 5.74) is 1.97. The van der Waals surface area contributed by atoms with Crippen LogP contribution in [0, 0.1) is 23.0 Å². The number of anilines is 2. The van der Waals surface area contributed by atoms with Crippen LogP contribution in [-0.4, -0.2) is 46.0 Å². The third kappa shape index (κ3) is 6.96. The zero-order valence-electron chi connectivity index (χ0n) is 24.0. The fourth-order valence-corrected chi connectivity index (χ4v) is 6.58. The Morgan fingerprint density at radius 2 is 1.81 bits per heavy atom. The molecule has 10 nitrogen and oxygen atoms in total. The smallest absolute Gasteiger partial charge is 0.273 e. The maximum absolute atomic E-state index is 13.9. The van der Waals surface area contributed by atoms with E-state index in [1.54, 1.807) is 0 Å². The zero-order valence-corrected chi connectivity index (χ0v) is 25.6. The van der Waals surface area contributed by atoms with Gasteiger partial charge in [-0.25, -0.2) is 8.42 Å². The molecule has 0 aromatic heterocycles. The summed E-state index contributed by atoms with van der Waals surface area (Å²) in [6, 6.07) is 15.6. The van der Waals surface area contributed by atoms with E-state index in [0.29, 0.717) is 5.56 Å². The van der Waals surface area contributed by atoms with Gasteiger partial charge in [0.1, 0.15) is 12.3 Å². The van der Waals surface area contributed by atoms with Gasteiger partial charge in [-0.3, -0.25) is 19.2 Å². The molecule has 3 aromatic carbocycles. The van der Waals surface area contributed by atoms with Gasteiger partial charge in [0.15, 0.2) is 0 Å². The minimum Gasteiger partial charge on any atom is -0.495 e. The maximum atomic E-state index is 13.9. The third-order valence-electron chi connectivity index (χ3n) is 7.58. The van der Waals surface area contributed by atoms with Crippen molar-refractivity contribution in [2.75, 3.05) is 35.9 Å². The van der Waals surface area contributed by atoms with Crippen LogP contribution in [0.4, 0.5) is 17.1 Å². The highest BCUT2D eigenvalue weighted by atomic mass is 35.5. The van der Waals surface area contributed by atoms with Crippen LogP contribution in [0.3, 0.4) is 0 Å². The van der Waals surface area contributed by atoms with E-state index in [4.69, 9.17) is 16.3 Å². The second kappa shape index (κ2) is 13.0. The lowest BCUT2D eigenvalue weighted by atomic mass is 9.98. The van der Waals surface area contributed by atoms with Crippen LogP contribution in [0.1, 0.15) is 43.9 Å². The highest BCUT2D eigenvalue weighted by Gasteiger charge is 2.32. The monoisotopic (exact) mass is 614 g/mol. The molecule has 0 radical (unpaired) electrons. The Kier molecular flexibility index (Phi) is 9.63. The first-order chi connectivity index (χ1) is 19.9. The zero-order chi connectivity index (χ0) is 30.6. The summed E-state index contributed by atoms with van der Waals surface area (Å²) in [7, 11) is -3.10. The van der Waals surface area contributed by atoms with E-state index in [1.165, 1.54) is 44.4 Å². The highest BCUT2D eigenvalue weighted by molar-refractivity contribution is 7.92. The number of ether oxygens (including phenoxy) is 1. The van der Waals surface area contributed by atoms with Gasteiger partial charge in [-0.1, -0.05) is 36.7 Å². The Hall–Kier alpha value is -3.83. The van der Waals surface area contributed by atoms with Crippen molar-refractivity contribution in [1.29, 1.82) is 0 Å². The third-order valence-corrected chi connectivity index (χ3v) is 9.57. The summed E-state index contributed by atoms with van der Waals surface area (Å²) >= 11 is 6.21. The van der Waals surface area contributed by atoms with Crippen LogP contribution < -0.4 is 19.3 Å². The van der Waals surface area contributed by atoms with E-state index < -0.39 is 33.4 Å². The molecule has 1 heterocycles. The Bertz CT molecular complexity index is 1560. The minimum atomic E-state index is -4.47. The number of benzene rings is 3. The number of piperidine rings is 1. The molecule has 42 heavy (non-hydrogen) atoms. The van der Waals surface area contributed by atoms with Crippen molar-refractivity contribution in [3.05, 3.63) is 86.9 Å². The van der Waals surface area contributed by atoms with Crippen LogP contribution >= 0.6 is 11.6 Å². The largest absolute Gasteiger partial charge is 0.495 e. The standard InChI is InChI=1S/C30H35ClN4O6S/c1-20-13-15-33(16-14-20)25-9-6-23(7-10-25)22(3)32-30(36)19-34(28-17-24(31)8-12-29(28)41-4)42(39,40)26-11-5-21(2)27(18-26)35(37)38/h5-12,17-18,20,22H,13-16,19H2,1-4H3,(H,32,36). The van der Waals surface area contributed by atoms with Crippen LogP contribution in [-0.2, 0) is 14.8 Å². The highest BCUT2D eigenvalue weighted by Crippen LogP contribution is 2.36. The van der Waals surface area contributed by atoms with Gasteiger partial charge in [0.2, 0.25) is 5.91 Å². The molecular formula is C30H35ClN4O6S. The molecular weight excluding hydrogens is 580 g/mol. The number of carbonyl (C=O) groups is 1. The number of halogens is 1. The number of nitro groups is 1. The van der Waals surface area contributed by atoms with Crippen molar-refractivity contribution in [3.63, 3.8) is 0 Å². The van der Waals surface area contributed by atoms with Crippen LogP contribution in [0.15, 0.2) is 65.6 Å². The first-order valence-corrected chi connectivity index (χ1v) is 15.5. The average molecular weight is 615 g/mol. The minimum absolute atomic E-state index is 0.0243. The van der Waals surface area contributed by atoms with E-state index in [0.717, 1.165) is 53.5 Å². The van der Waals surface area contributed by atoms with Gasteiger partial charge in [-0.2, -0.15) is 0 Å². The number of nitrogens with one attached hydrogen (secondary N) is 1. The number of hydrogen-bond acceptors (Lipinski definition) is 7. The van der Waals surface area contributed by atoms with E-state index in [9.17, 15) is 23.3 Å². The molecule has 1 N–H and O–H groups in total. The molecule has 1 aliphatic heterocycles. The number of aryl methyl sites for hydroxylation is 1. The molecule has 0 aliphatic carbocycles. The summed E-state index contributed by atoms with van der Waals surface area (Å²) in [5.74, 6) is 0.309. The first kappa shape index (κ1) is 31.1. The number of carbonyl (C=O) groups excluding carboxylic acids is 1. The Morgan fingerprint density at radius 1 is 1.14 bits per heavy atom. The molecule has 0 bridgehead atoms. The van der Waals surface area contributed by atoms with Gasteiger partial charge in [0.05, 0.1) is 28.7 Å². The van der Waals surface area contributed by atoms with E-state index in [2.05, 4.69) is 17.1 Å². The fourth-order valence-electron chi connectivity index (χ4n) is 4.97. The van der Waals surface area contributed by atoms with Crippen LogP contribution in [0.2, 0.25) is 5.02 Å². The Balaban J connectivity index is 1.60. The molecule has 0 spiro atoms. The van der Waals surface area contributed by atoms with Gasteiger partial charge >= 0.3 is 0 Å². The number of rotatable bonds is 10. The Morgan fingerprint density at radius 3 is 2.43 bits per heavy atom. The summed E-state index contributed by atoms with van der Waals surface area (Å²) in [6.07, 6.45) is 2.31. The molecule has 1 amide bonds.